The number of aromatic nitrogens is 1. The van der Waals surface area contributed by atoms with Gasteiger partial charge in [0, 0.05) is 22.6 Å². The zero-order chi connectivity index (χ0) is 27.1. The Morgan fingerprint density at radius 2 is 1.74 bits per heavy atom. The van der Waals surface area contributed by atoms with Crippen molar-refractivity contribution < 1.29 is 14.4 Å². The number of carbonyl (C=O) groups excluding carboxylic acids is 3. The number of rotatable bonds is 8. The summed E-state index contributed by atoms with van der Waals surface area (Å²) in [7, 11) is 1.73. The Morgan fingerprint density at radius 1 is 1.08 bits per heavy atom. The Balaban J connectivity index is 0.000000278. The van der Waals surface area contributed by atoms with Crippen molar-refractivity contribution in [3.05, 3.63) is 70.9 Å². The van der Waals surface area contributed by atoms with Crippen LogP contribution in [-0.2, 0) is 33.6 Å². The molecule has 1 fully saturated rings. The monoisotopic (exact) mass is 517 g/mol. The van der Waals surface area contributed by atoms with E-state index < -0.39 is 11.9 Å². The molecular weight excluding hydrogens is 478 g/mol. The second-order valence-electron chi connectivity index (χ2n) is 10.3. The fourth-order valence-electron chi connectivity index (χ4n) is 5.81. The number of primary amides is 1. The molecule has 0 saturated carbocycles. The van der Waals surface area contributed by atoms with Gasteiger partial charge >= 0.3 is 0 Å². The molecule has 1 aliphatic carbocycles. The van der Waals surface area contributed by atoms with Gasteiger partial charge in [-0.2, -0.15) is 0 Å². The van der Waals surface area contributed by atoms with Crippen molar-refractivity contribution in [1.82, 2.24) is 20.5 Å². The number of aromatic amines is 1. The minimum Gasteiger partial charge on any atom is -0.368 e. The van der Waals surface area contributed by atoms with E-state index in [2.05, 4.69) is 39.9 Å². The third-order valence-corrected chi connectivity index (χ3v) is 7.58. The van der Waals surface area contributed by atoms with Gasteiger partial charge in [-0.3, -0.25) is 14.4 Å². The summed E-state index contributed by atoms with van der Waals surface area (Å²) < 4.78 is 0. The number of carbonyl (C=O) groups is 3. The highest BCUT2D eigenvalue weighted by Gasteiger charge is 2.38. The van der Waals surface area contributed by atoms with Crippen molar-refractivity contribution in [2.45, 2.75) is 70.0 Å². The van der Waals surface area contributed by atoms with Crippen molar-refractivity contribution in [2.24, 2.45) is 5.73 Å². The quantitative estimate of drug-likeness (QED) is 0.343. The minimum absolute atomic E-state index is 0.0689. The molecule has 1 aromatic heterocycles. The van der Waals surface area contributed by atoms with Gasteiger partial charge in [0.05, 0.1) is 12.6 Å². The van der Waals surface area contributed by atoms with E-state index in [4.69, 9.17) is 5.73 Å². The lowest BCUT2D eigenvalue weighted by atomic mass is 9.92. The molecule has 2 aliphatic rings. The first kappa shape index (κ1) is 27.4. The average molecular weight is 518 g/mol. The number of para-hydroxylation sites is 1. The van der Waals surface area contributed by atoms with Gasteiger partial charge in [-0.15, -0.1) is 0 Å². The number of aryl methyl sites for hydroxylation is 2. The first-order chi connectivity index (χ1) is 18.4. The number of hydrogen-bond donors (Lipinski definition) is 4. The SMILES string of the molecule is CNCC(=O)NC(C)Cc1c(C2CCC(C(N)=O)N2C=O)[nH]c2ccccc12.c1ccc2c(c1)CCCC2. The molecule has 3 atom stereocenters. The second kappa shape index (κ2) is 12.7. The maximum atomic E-state index is 11.9. The van der Waals surface area contributed by atoms with Gasteiger partial charge in [0.1, 0.15) is 6.04 Å². The third-order valence-electron chi connectivity index (χ3n) is 7.58. The fraction of sp³-hybridized carbons (Fsp3) is 0.433. The molecule has 5 N–H and O–H groups in total. The van der Waals surface area contributed by atoms with Crippen LogP contribution in [-0.4, -0.2) is 53.8 Å². The molecule has 8 nitrogen and oxygen atoms in total. The van der Waals surface area contributed by atoms with Gasteiger partial charge in [0.2, 0.25) is 18.2 Å². The van der Waals surface area contributed by atoms with Crippen LogP contribution in [0, 0.1) is 0 Å². The van der Waals surface area contributed by atoms with Gasteiger partial charge in [-0.25, -0.2) is 0 Å². The highest BCUT2D eigenvalue weighted by molar-refractivity contribution is 5.86. The second-order valence-corrected chi connectivity index (χ2v) is 10.3. The lowest BCUT2D eigenvalue weighted by Crippen LogP contribution is -2.41. The summed E-state index contributed by atoms with van der Waals surface area (Å²) in [6.45, 7) is 2.21. The Labute approximate surface area is 224 Å². The van der Waals surface area contributed by atoms with Crippen molar-refractivity contribution in [3.63, 3.8) is 0 Å². The van der Waals surface area contributed by atoms with Crippen LogP contribution in [0.2, 0.25) is 0 Å². The molecule has 202 valence electrons. The molecule has 2 heterocycles. The highest BCUT2D eigenvalue weighted by atomic mass is 16.2. The van der Waals surface area contributed by atoms with E-state index in [0.29, 0.717) is 25.7 Å². The van der Waals surface area contributed by atoms with Crippen LogP contribution < -0.4 is 16.4 Å². The van der Waals surface area contributed by atoms with Crippen LogP contribution in [0.4, 0.5) is 0 Å². The van der Waals surface area contributed by atoms with Gasteiger partial charge in [-0.05, 0) is 81.7 Å². The molecule has 1 saturated heterocycles. The molecular formula is C30H39N5O3. The summed E-state index contributed by atoms with van der Waals surface area (Å²) in [4.78, 5) is 40.3. The molecule has 0 bridgehead atoms. The van der Waals surface area contributed by atoms with Crippen molar-refractivity contribution in [1.29, 1.82) is 0 Å². The molecule has 8 heteroatoms. The zero-order valence-corrected chi connectivity index (χ0v) is 22.3. The summed E-state index contributed by atoms with van der Waals surface area (Å²) >= 11 is 0. The molecule has 2 aromatic carbocycles. The Morgan fingerprint density at radius 3 is 2.37 bits per heavy atom. The van der Waals surface area contributed by atoms with E-state index in [9.17, 15) is 14.4 Å². The first-order valence-corrected chi connectivity index (χ1v) is 13.5. The van der Waals surface area contributed by atoms with Crippen molar-refractivity contribution in [2.75, 3.05) is 13.6 Å². The van der Waals surface area contributed by atoms with Crippen LogP contribution in [0.25, 0.3) is 10.9 Å². The normalized spacial score (nSPS) is 19.3. The number of likely N-dealkylation sites (N-methyl/N-ethyl adjacent to an activating group) is 1. The Bertz CT molecular complexity index is 1240. The number of likely N-dealkylation sites (tertiary alicyclic amines) is 1. The number of hydrogen-bond acceptors (Lipinski definition) is 4. The molecule has 38 heavy (non-hydrogen) atoms. The molecule has 1 aliphatic heterocycles. The van der Waals surface area contributed by atoms with E-state index in [1.807, 2.05) is 31.2 Å². The number of fused-ring (bicyclic) bond motifs is 2. The van der Waals surface area contributed by atoms with Crippen LogP contribution in [0.3, 0.4) is 0 Å². The molecule has 3 aromatic rings. The number of amides is 3. The zero-order valence-electron chi connectivity index (χ0n) is 22.3. The van der Waals surface area contributed by atoms with Gasteiger partial charge in [0.25, 0.3) is 0 Å². The lowest BCUT2D eigenvalue weighted by Gasteiger charge is -2.25. The van der Waals surface area contributed by atoms with E-state index in [-0.39, 0.29) is 24.5 Å². The predicted octanol–water partition coefficient (Wildman–Crippen LogP) is 3.15. The fourth-order valence-corrected chi connectivity index (χ4v) is 5.81. The number of benzene rings is 2. The summed E-state index contributed by atoms with van der Waals surface area (Å²) in [5, 5.41) is 6.88. The first-order valence-electron chi connectivity index (χ1n) is 13.5. The average Bonchev–Trinajstić information content (AvgIpc) is 3.51. The number of H-pyrrole nitrogens is 1. The van der Waals surface area contributed by atoms with E-state index >= 15 is 0 Å². The van der Waals surface area contributed by atoms with Gasteiger partial charge < -0.3 is 26.3 Å². The Kier molecular flexibility index (Phi) is 9.18. The lowest BCUT2D eigenvalue weighted by molar-refractivity contribution is -0.130. The number of nitrogens with zero attached hydrogens (tertiary/aromatic N) is 1. The molecule has 0 spiro atoms. The summed E-state index contributed by atoms with van der Waals surface area (Å²) in [6, 6.07) is 15.8. The summed E-state index contributed by atoms with van der Waals surface area (Å²) in [6.07, 6.45) is 7.90. The molecule has 5 rings (SSSR count). The summed E-state index contributed by atoms with van der Waals surface area (Å²) in [5.41, 5.74) is 11.6. The van der Waals surface area contributed by atoms with Gasteiger partial charge in [0.15, 0.2) is 0 Å². The maximum Gasteiger partial charge on any atom is 0.240 e. The maximum absolute atomic E-state index is 11.9. The van der Waals surface area contributed by atoms with E-state index in [1.165, 1.54) is 30.6 Å². The predicted molar refractivity (Wildman–Crippen MR) is 149 cm³/mol. The van der Waals surface area contributed by atoms with Crippen LogP contribution in [0.15, 0.2) is 48.5 Å². The topological polar surface area (TPSA) is 120 Å². The van der Waals surface area contributed by atoms with Crippen molar-refractivity contribution in [3.8, 4) is 0 Å². The standard InChI is InChI=1S/C20H27N5O3.C10H12/c1-12(23-18(27)10-22-2)9-14-13-5-3-4-6-15(13)24-19(14)16-7-8-17(20(21)28)25(16)11-26;1-2-6-10-8-4-3-7-9(10)5-1/h3-6,11-12,16-17,22,24H,7-10H2,1-2H3,(H2,21,28)(H,23,27);1-2,5-6H,3-4,7-8H2. The van der Waals surface area contributed by atoms with Crippen LogP contribution in [0.1, 0.15) is 61.0 Å². The molecule has 3 unspecified atom stereocenters. The molecule has 3 amide bonds. The Hall–Kier alpha value is -3.65. The van der Waals surface area contributed by atoms with Crippen molar-refractivity contribution >= 4 is 29.1 Å². The van der Waals surface area contributed by atoms with Crippen LogP contribution >= 0.6 is 0 Å². The van der Waals surface area contributed by atoms with Gasteiger partial charge in [-0.1, -0.05) is 42.5 Å². The van der Waals surface area contributed by atoms with E-state index in [1.54, 1.807) is 18.2 Å². The summed E-state index contributed by atoms with van der Waals surface area (Å²) in [5.74, 6) is -0.555. The molecule has 0 radical (unpaired) electrons. The largest absolute Gasteiger partial charge is 0.368 e. The minimum atomic E-state index is -0.588. The van der Waals surface area contributed by atoms with E-state index in [0.717, 1.165) is 22.2 Å². The highest BCUT2D eigenvalue weighted by Crippen LogP contribution is 2.38. The number of nitrogens with one attached hydrogen (secondary N) is 3. The third kappa shape index (κ3) is 6.25. The van der Waals surface area contributed by atoms with Crippen LogP contribution in [0.5, 0.6) is 0 Å². The smallest absolute Gasteiger partial charge is 0.240 e. The number of nitrogens with two attached hydrogens (primary N) is 1.